The monoisotopic (exact) mass is 350 g/mol. The third kappa shape index (κ3) is 3.15. The van der Waals surface area contributed by atoms with Gasteiger partial charge in [0.2, 0.25) is 17.4 Å². The summed E-state index contributed by atoms with van der Waals surface area (Å²) >= 11 is 0. The molecule has 0 atom stereocenters. The van der Waals surface area contributed by atoms with Crippen LogP contribution in [-0.4, -0.2) is 25.3 Å². The SMILES string of the molecule is CCCc1c(F)c(F)c(OC(=O)C2(C)COC(=O)OC2)c(F)c1F. The Kier molecular flexibility index (Phi) is 5.00. The Balaban J connectivity index is 2.33. The standard InChI is InChI=1S/C15H14F4O5/c1-3-4-7-8(16)10(18)12(11(19)9(7)17)24-13(20)15(2)5-22-14(21)23-6-15/h3-6H2,1-2H3. The molecule has 24 heavy (non-hydrogen) atoms. The first-order valence-electron chi connectivity index (χ1n) is 7.08. The summed E-state index contributed by atoms with van der Waals surface area (Å²) in [6, 6.07) is 0. The Bertz CT molecular complexity index is 650. The minimum Gasteiger partial charge on any atom is -0.433 e. The molecule has 1 aliphatic heterocycles. The van der Waals surface area contributed by atoms with Crippen LogP contribution < -0.4 is 4.74 Å². The van der Waals surface area contributed by atoms with Crippen molar-refractivity contribution in [1.82, 2.24) is 0 Å². The van der Waals surface area contributed by atoms with Crippen LogP contribution in [0.3, 0.4) is 0 Å². The van der Waals surface area contributed by atoms with E-state index in [-0.39, 0.29) is 12.8 Å². The van der Waals surface area contributed by atoms with Gasteiger partial charge in [0.1, 0.15) is 18.6 Å². The van der Waals surface area contributed by atoms with Crippen LogP contribution in [0.25, 0.3) is 0 Å². The van der Waals surface area contributed by atoms with E-state index in [0.29, 0.717) is 0 Å². The number of carbonyl (C=O) groups is 2. The number of hydrogen-bond donors (Lipinski definition) is 0. The first kappa shape index (κ1) is 18.0. The van der Waals surface area contributed by atoms with E-state index in [0.717, 1.165) is 0 Å². The molecule has 0 unspecified atom stereocenters. The second kappa shape index (κ2) is 6.66. The van der Waals surface area contributed by atoms with E-state index in [9.17, 15) is 27.2 Å². The van der Waals surface area contributed by atoms with Gasteiger partial charge in [0, 0.05) is 5.56 Å². The first-order chi connectivity index (χ1) is 11.2. The number of cyclic esters (lactones) is 2. The van der Waals surface area contributed by atoms with Crippen molar-refractivity contribution in [3.05, 3.63) is 28.8 Å². The maximum atomic E-state index is 14.0. The third-order valence-electron chi connectivity index (χ3n) is 3.52. The second-order valence-electron chi connectivity index (χ2n) is 5.59. The lowest BCUT2D eigenvalue weighted by Gasteiger charge is -2.29. The Morgan fingerprint density at radius 3 is 2.04 bits per heavy atom. The van der Waals surface area contributed by atoms with Gasteiger partial charge in [-0.15, -0.1) is 0 Å². The Morgan fingerprint density at radius 2 is 1.58 bits per heavy atom. The zero-order valence-electron chi connectivity index (χ0n) is 12.9. The molecule has 1 fully saturated rings. The molecular formula is C15H14F4O5. The van der Waals surface area contributed by atoms with Crippen molar-refractivity contribution in [2.45, 2.75) is 26.7 Å². The molecule has 0 saturated carbocycles. The number of hydrogen-bond acceptors (Lipinski definition) is 5. The number of benzene rings is 1. The van der Waals surface area contributed by atoms with Crippen LogP contribution in [-0.2, 0) is 20.7 Å². The van der Waals surface area contributed by atoms with Gasteiger partial charge in [-0.2, -0.15) is 8.78 Å². The molecule has 0 aliphatic carbocycles. The van der Waals surface area contributed by atoms with Crippen molar-refractivity contribution in [2.24, 2.45) is 5.41 Å². The van der Waals surface area contributed by atoms with Crippen molar-refractivity contribution in [3.8, 4) is 5.75 Å². The van der Waals surface area contributed by atoms with Gasteiger partial charge in [-0.25, -0.2) is 13.6 Å². The van der Waals surface area contributed by atoms with E-state index in [1.54, 1.807) is 6.92 Å². The summed E-state index contributed by atoms with van der Waals surface area (Å²) in [5.74, 6) is -9.57. The summed E-state index contributed by atoms with van der Waals surface area (Å²) < 4.78 is 69.2. The largest absolute Gasteiger partial charge is 0.508 e. The molecule has 1 aromatic rings. The minimum absolute atomic E-state index is 0.221. The number of rotatable bonds is 4. The second-order valence-corrected chi connectivity index (χ2v) is 5.59. The van der Waals surface area contributed by atoms with Gasteiger partial charge in [-0.3, -0.25) is 4.79 Å². The molecule has 5 nitrogen and oxygen atoms in total. The highest BCUT2D eigenvalue weighted by Crippen LogP contribution is 2.33. The van der Waals surface area contributed by atoms with Crippen LogP contribution in [0.2, 0.25) is 0 Å². The highest BCUT2D eigenvalue weighted by atomic mass is 19.2. The molecule has 0 N–H and O–H groups in total. The molecular weight excluding hydrogens is 336 g/mol. The Labute approximate surface area is 134 Å². The topological polar surface area (TPSA) is 61.8 Å². The van der Waals surface area contributed by atoms with Gasteiger partial charge < -0.3 is 14.2 Å². The van der Waals surface area contributed by atoms with Gasteiger partial charge in [-0.1, -0.05) is 13.3 Å². The number of ether oxygens (including phenoxy) is 3. The summed E-state index contributed by atoms with van der Waals surface area (Å²) in [6.45, 7) is 1.89. The highest BCUT2D eigenvalue weighted by molar-refractivity contribution is 5.80. The molecule has 0 radical (unpaired) electrons. The van der Waals surface area contributed by atoms with Crippen molar-refractivity contribution in [3.63, 3.8) is 0 Å². The van der Waals surface area contributed by atoms with Crippen molar-refractivity contribution >= 4 is 12.1 Å². The molecule has 132 valence electrons. The highest BCUT2D eigenvalue weighted by Gasteiger charge is 2.43. The van der Waals surface area contributed by atoms with Crippen molar-refractivity contribution in [2.75, 3.05) is 13.2 Å². The summed E-state index contributed by atoms with van der Waals surface area (Å²) in [5, 5.41) is 0. The molecule has 1 heterocycles. The van der Waals surface area contributed by atoms with Crippen LogP contribution in [0, 0.1) is 28.7 Å². The van der Waals surface area contributed by atoms with Crippen LogP contribution in [0.4, 0.5) is 22.4 Å². The van der Waals surface area contributed by atoms with Gasteiger partial charge in [-0.05, 0) is 13.3 Å². The van der Waals surface area contributed by atoms with E-state index in [1.165, 1.54) is 6.92 Å². The summed E-state index contributed by atoms with van der Waals surface area (Å²) in [6.07, 6.45) is -0.980. The normalized spacial score (nSPS) is 16.3. The van der Waals surface area contributed by atoms with Gasteiger partial charge in [0.25, 0.3) is 0 Å². The average molecular weight is 350 g/mol. The fraction of sp³-hybridized carbons (Fsp3) is 0.467. The van der Waals surface area contributed by atoms with E-state index in [4.69, 9.17) is 0 Å². The lowest BCUT2D eigenvalue weighted by molar-refractivity contribution is -0.156. The Morgan fingerprint density at radius 1 is 1.08 bits per heavy atom. The van der Waals surface area contributed by atoms with Crippen molar-refractivity contribution in [1.29, 1.82) is 0 Å². The summed E-state index contributed by atoms with van der Waals surface area (Å²) in [4.78, 5) is 22.9. The molecule has 0 spiro atoms. The van der Waals surface area contributed by atoms with Gasteiger partial charge >= 0.3 is 12.1 Å². The molecule has 0 aromatic heterocycles. The summed E-state index contributed by atoms with van der Waals surface area (Å²) in [7, 11) is 0. The lowest BCUT2D eigenvalue weighted by Crippen LogP contribution is -2.45. The number of esters is 1. The van der Waals surface area contributed by atoms with Crippen LogP contribution >= 0.6 is 0 Å². The smallest absolute Gasteiger partial charge is 0.433 e. The lowest BCUT2D eigenvalue weighted by atomic mass is 9.92. The third-order valence-corrected chi connectivity index (χ3v) is 3.52. The maximum Gasteiger partial charge on any atom is 0.508 e. The van der Waals surface area contributed by atoms with E-state index >= 15 is 0 Å². The minimum atomic E-state index is -1.80. The fourth-order valence-corrected chi connectivity index (χ4v) is 2.07. The van der Waals surface area contributed by atoms with Crippen LogP contribution in [0.5, 0.6) is 5.75 Å². The molecule has 0 bridgehead atoms. The zero-order chi connectivity index (χ0) is 18.1. The quantitative estimate of drug-likeness (QED) is 0.361. The van der Waals surface area contributed by atoms with E-state index in [1.807, 2.05) is 0 Å². The molecule has 1 saturated heterocycles. The molecule has 1 aromatic carbocycles. The fourth-order valence-electron chi connectivity index (χ4n) is 2.07. The predicted molar refractivity (Wildman–Crippen MR) is 71.3 cm³/mol. The average Bonchev–Trinajstić information content (AvgIpc) is 2.56. The zero-order valence-corrected chi connectivity index (χ0v) is 12.9. The van der Waals surface area contributed by atoms with Gasteiger partial charge in [0.05, 0.1) is 0 Å². The molecule has 9 heteroatoms. The van der Waals surface area contributed by atoms with Crippen LogP contribution in [0.1, 0.15) is 25.8 Å². The molecule has 1 aliphatic rings. The maximum absolute atomic E-state index is 14.0. The molecule has 0 amide bonds. The van der Waals surface area contributed by atoms with E-state index in [2.05, 4.69) is 14.2 Å². The van der Waals surface area contributed by atoms with E-state index < -0.39 is 65.3 Å². The van der Waals surface area contributed by atoms with Crippen molar-refractivity contribution < 1.29 is 41.4 Å². The first-order valence-corrected chi connectivity index (χ1v) is 7.08. The number of carbonyl (C=O) groups excluding carboxylic acids is 2. The number of halogens is 4. The van der Waals surface area contributed by atoms with Gasteiger partial charge in [0.15, 0.2) is 11.6 Å². The Hall–Kier alpha value is -2.32. The molecule has 2 rings (SSSR count). The summed E-state index contributed by atoms with van der Waals surface area (Å²) in [5.41, 5.74) is -2.32. The van der Waals surface area contributed by atoms with Crippen LogP contribution in [0.15, 0.2) is 0 Å². The predicted octanol–water partition coefficient (Wildman–Crippen LogP) is 3.27.